The smallest absolute Gasteiger partial charge is 0.334 e. The van der Waals surface area contributed by atoms with Crippen LogP contribution in [0.3, 0.4) is 0 Å². The van der Waals surface area contributed by atoms with E-state index in [0.717, 1.165) is 0 Å². The largest absolute Gasteiger partial charge is 0.464 e. The molecule has 0 aromatic carbocycles. The molecule has 10 heteroatoms. The summed E-state index contributed by atoms with van der Waals surface area (Å²) in [6.45, 7) is 3.38. The number of rotatable bonds is 8. The molecule has 0 radical (unpaired) electrons. The Balaban J connectivity index is 2.17. The zero-order chi connectivity index (χ0) is 21.9. The molecule has 0 aliphatic rings. The van der Waals surface area contributed by atoms with Gasteiger partial charge in [0.2, 0.25) is 0 Å². The Morgan fingerprint density at radius 2 is 1.17 bits per heavy atom. The highest BCUT2D eigenvalue weighted by atomic mass is 16.5. The lowest BCUT2D eigenvalue weighted by atomic mass is 10.1. The zero-order valence-electron chi connectivity index (χ0n) is 16.5. The van der Waals surface area contributed by atoms with Crippen LogP contribution in [0.4, 0.5) is 0 Å². The van der Waals surface area contributed by atoms with Gasteiger partial charge in [-0.15, -0.1) is 0 Å². The summed E-state index contributed by atoms with van der Waals surface area (Å²) in [5, 5.41) is 4.57. The molecule has 10 nitrogen and oxygen atoms in total. The number of amides is 2. The Morgan fingerprint density at radius 3 is 1.47 bits per heavy atom. The first-order valence-electron chi connectivity index (χ1n) is 9.24. The van der Waals surface area contributed by atoms with E-state index in [1.807, 2.05) is 0 Å². The first-order chi connectivity index (χ1) is 14.5. The van der Waals surface area contributed by atoms with E-state index in [1.54, 1.807) is 38.1 Å². The minimum Gasteiger partial charge on any atom is -0.464 e. The second kappa shape index (κ2) is 11.2. The molecule has 2 atom stereocenters. The molecule has 0 saturated carbocycles. The molecule has 0 spiro atoms. The number of hydrogen-bond acceptors (Lipinski definition) is 8. The van der Waals surface area contributed by atoms with E-state index in [1.165, 1.54) is 24.5 Å². The number of nitrogens with zero attached hydrogens (tertiary/aromatic N) is 2. The monoisotopic (exact) mass is 414 g/mol. The number of carbonyl (C=O) groups is 4. The molecule has 2 N–H and O–H groups in total. The van der Waals surface area contributed by atoms with Gasteiger partial charge in [-0.1, -0.05) is 12.1 Å². The molecule has 0 aliphatic carbocycles. The van der Waals surface area contributed by atoms with Crippen molar-refractivity contribution >= 4 is 23.8 Å². The Labute approximate surface area is 173 Å². The van der Waals surface area contributed by atoms with Crippen molar-refractivity contribution in [3.63, 3.8) is 0 Å². The van der Waals surface area contributed by atoms with Crippen molar-refractivity contribution in [1.82, 2.24) is 20.6 Å². The summed E-state index contributed by atoms with van der Waals surface area (Å²) in [4.78, 5) is 57.4. The van der Waals surface area contributed by atoms with Crippen molar-refractivity contribution in [2.24, 2.45) is 0 Å². The van der Waals surface area contributed by atoms with Gasteiger partial charge >= 0.3 is 23.8 Å². The molecular weight excluding hydrogens is 392 g/mol. The van der Waals surface area contributed by atoms with Gasteiger partial charge in [0.05, 0.1) is 24.6 Å². The molecule has 0 saturated heterocycles. The van der Waals surface area contributed by atoms with E-state index < -0.39 is 35.8 Å². The highest BCUT2D eigenvalue weighted by Crippen LogP contribution is 2.14. The SMILES string of the molecule is CCOC(=O)C(NC(=O)C(=O)NC(C(=O)OCC)c1ccccn1)c1ccccn1. The van der Waals surface area contributed by atoms with Gasteiger partial charge in [-0.2, -0.15) is 0 Å². The van der Waals surface area contributed by atoms with Crippen LogP contribution in [0.2, 0.25) is 0 Å². The van der Waals surface area contributed by atoms with Crippen LogP contribution in [0.5, 0.6) is 0 Å². The van der Waals surface area contributed by atoms with E-state index in [4.69, 9.17) is 9.47 Å². The molecule has 0 aliphatic heterocycles. The van der Waals surface area contributed by atoms with E-state index in [9.17, 15) is 19.2 Å². The quantitative estimate of drug-likeness (QED) is 0.474. The van der Waals surface area contributed by atoms with Gasteiger partial charge in [-0.3, -0.25) is 19.6 Å². The number of esters is 2. The fourth-order valence-corrected chi connectivity index (χ4v) is 2.45. The minimum absolute atomic E-state index is 0.0782. The molecule has 2 rings (SSSR count). The van der Waals surface area contributed by atoms with E-state index in [-0.39, 0.29) is 24.6 Å². The molecule has 2 amide bonds. The fourth-order valence-electron chi connectivity index (χ4n) is 2.45. The van der Waals surface area contributed by atoms with Crippen molar-refractivity contribution in [1.29, 1.82) is 0 Å². The highest BCUT2D eigenvalue weighted by Gasteiger charge is 2.31. The topological polar surface area (TPSA) is 137 Å². The van der Waals surface area contributed by atoms with Gasteiger partial charge in [0.1, 0.15) is 0 Å². The summed E-state index contributed by atoms with van der Waals surface area (Å²) in [7, 11) is 0. The first kappa shape index (κ1) is 22.5. The third-order valence-corrected chi connectivity index (χ3v) is 3.77. The summed E-state index contributed by atoms with van der Waals surface area (Å²) in [5.74, 6) is -3.85. The van der Waals surface area contributed by atoms with Crippen molar-refractivity contribution in [2.75, 3.05) is 13.2 Å². The van der Waals surface area contributed by atoms with Gasteiger partial charge in [-0.05, 0) is 38.1 Å². The van der Waals surface area contributed by atoms with Crippen LogP contribution in [-0.4, -0.2) is 46.9 Å². The fraction of sp³-hybridized carbons (Fsp3) is 0.300. The summed E-state index contributed by atoms with van der Waals surface area (Å²) < 4.78 is 9.90. The molecule has 158 valence electrons. The Bertz CT molecular complexity index is 802. The number of hydrogen-bond donors (Lipinski definition) is 2. The molecule has 0 bridgehead atoms. The van der Waals surface area contributed by atoms with Crippen molar-refractivity contribution < 1.29 is 28.7 Å². The average Bonchev–Trinajstić information content (AvgIpc) is 2.76. The van der Waals surface area contributed by atoms with Gasteiger partial charge in [0.15, 0.2) is 12.1 Å². The number of aromatic nitrogens is 2. The standard InChI is InChI=1S/C20H22N4O6/c1-3-29-19(27)15(13-9-5-7-11-21-13)23-17(25)18(26)24-16(20(28)30-4-2)14-10-6-8-12-22-14/h5-12,15-16H,3-4H2,1-2H3,(H,23,25)(H,24,26). The lowest BCUT2D eigenvalue weighted by Gasteiger charge is -2.19. The lowest BCUT2D eigenvalue weighted by Crippen LogP contribution is -2.46. The number of carbonyl (C=O) groups excluding carboxylic acids is 4. The van der Waals surface area contributed by atoms with Gasteiger partial charge < -0.3 is 20.1 Å². The second-order valence-corrected chi connectivity index (χ2v) is 5.83. The molecule has 2 aromatic heterocycles. The van der Waals surface area contributed by atoms with Crippen LogP contribution in [0.25, 0.3) is 0 Å². The Kier molecular flexibility index (Phi) is 8.42. The normalized spacial score (nSPS) is 12.2. The summed E-state index contributed by atoms with van der Waals surface area (Å²) in [6, 6.07) is 6.95. The van der Waals surface area contributed by atoms with Crippen LogP contribution in [0, 0.1) is 0 Å². The van der Waals surface area contributed by atoms with E-state index >= 15 is 0 Å². The average molecular weight is 414 g/mol. The maximum Gasteiger partial charge on any atom is 0.334 e. The Morgan fingerprint density at radius 1 is 0.767 bits per heavy atom. The van der Waals surface area contributed by atoms with Crippen LogP contribution in [-0.2, 0) is 28.7 Å². The maximum absolute atomic E-state index is 12.5. The van der Waals surface area contributed by atoms with Crippen LogP contribution in [0.15, 0.2) is 48.8 Å². The highest BCUT2D eigenvalue weighted by molar-refractivity contribution is 6.35. The van der Waals surface area contributed by atoms with Crippen molar-refractivity contribution in [2.45, 2.75) is 25.9 Å². The summed E-state index contributed by atoms with van der Waals surface area (Å²) in [6.07, 6.45) is 2.87. The van der Waals surface area contributed by atoms with Gasteiger partial charge in [-0.25, -0.2) is 9.59 Å². The number of ether oxygens (including phenoxy) is 2. The number of nitrogens with one attached hydrogen (secondary N) is 2. The third-order valence-electron chi connectivity index (χ3n) is 3.77. The van der Waals surface area contributed by atoms with Gasteiger partial charge in [0.25, 0.3) is 0 Å². The number of pyridine rings is 2. The molecule has 2 unspecified atom stereocenters. The van der Waals surface area contributed by atoms with E-state index in [2.05, 4.69) is 20.6 Å². The first-order valence-corrected chi connectivity index (χ1v) is 9.24. The summed E-state index contributed by atoms with van der Waals surface area (Å²) in [5.41, 5.74) is 0.396. The maximum atomic E-state index is 12.5. The second-order valence-electron chi connectivity index (χ2n) is 5.83. The van der Waals surface area contributed by atoms with E-state index in [0.29, 0.717) is 0 Å². The predicted octanol–water partition coefficient (Wildman–Crippen LogP) is 0.618. The molecule has 2 aromatic rings. The lowest BCUT2D eigenvalue weighted by molar-refractivity contribution is -0.151. The predicted molar refractivity (Wildman–Crippen MR) is 104 cm³/mol. The molecule has 30 heavy (non-hydrogen) atoms. The Hall–Kier alpha value is -3.82. The van der Waals surface area contributed by atoms with Crippen molar-refractivity contribution in [3.8, 4) is 0 Å². The zero-order valence-corrected chi connectivity index (χ0v) is 16.5. The molecule has 0 fully saturated rings. The molecular formula is C20H22N4O6. The summed E-state index contributed by atoms with van der Waals surface area (Å²) >= 11 is 0. The van der Waals surface area contributed by atoms with Gasteiger partial charge in [0, 0.05) is 12.4 Å². The minimum atomic E-state index is -1.29. The third kappa shape index (κ3) is 6.09. The molecule has 2 heterocycles. The van der Waals surface area contributed by atoms with Crippen LogP contribution >= 0.6 is 0 Å². The van der Waals surface area contributed by atoms with Crippen LogP contribution in [0.1, 0.15) is 37.3 Å². The van der Waals surface area contributed by atoms with Crippen molar-refractivity contribution in [3.05, 3.63) is 60.2 Å². The van der Waals surface area contributed by atoms with Crippen LogP contribution < -0.4 is 10.6 Å².